The summed E-state index contributed by atoms with van der Waals surface area (Å²) < 4.78 is 41.5. The largest absolute Gasteiger partial charge is 0.477 e. The molecule has 10 nitrogen and oxygen atoms in total. The summed E-state index contributed by atoms with van der Waals surface area (Å²) in [6, 6.07) is 9.62. The van der Waals surface area contributed by atoms with E-state index < -0.39 is 21.2 Å². The molecule has 34 heavy (non-hydrogen) atoms. The Kier molecular flexibility index (Phi) is 7.22. The zero-order valence-corrected chi connectivity index (χ0v) is 20.1. The smallest absolute Gasteiger partial charge is 0.341 e. The van der Waals surface area contributed by atoms with Gasteiger partial charge >= 0.3 is 5.97 Å². The number of aliphatic imine (C=N–C) groups is 1. The molecule has 11 heteroatoms. The minimum atomic E-state index is -3.77. The van der Waals surface area contributed by atoms with Crippen LogP contribution in [0.15, 0.2) is 41.5 Å². The van der Waals surface area contributed by atoms with Gasteiger partial charge in [-0.1, -0.05) is 18.2 Å². The molecule has 2 aliphatic rings. The Balaban J connectivity index is 1.30. The first-order valence-corrected chi connectivity index (χ1v) is 13.0. The molecule has 1 aliphatic carbocycles. The summed E-state index contributed by atoms with van der Waals surface area (Å²) in [6.07, 6.45) is 3.21. The van der Waals surface area contributed by atoms with Crippen LogP contribution in [0.25, 0.3) is 0 Å². The number of aryl methyl sites for hydroxylation is 1. The number of aromatic carboxylic acids is 1. The first-order valence-electron chi connectivity index (χ1n) is 11.5. The van der Waals surface area contributed by atoms with Gasteiger partial charge in [-0.15, -0.1) is 0 Å². The normalized spacial score (nSPS) is 24.9. The zero-order chi connectivity index (χ0) is 24.3. The Morgan fingerprint density at radius 3 is 2.59 bits per heavy atom. The molecule has 184 valence electrons. The first-order chi connectivity index (χ1) is 16.3. The molecule has 0 amide bonds. The number of nitrogens with one attached hydrogen (secondary N) is 1. The number of hydrogen-bond donors (Lipinski definition) is 2. The minimum Gasteiger partial charge on any atom is -0.477 e. The molecule has 0 saturated heterocycles. The fourth-order valence-corrected chi connectivity index (χ4v) is 5.69. The maximum atomic E-state index is 12.9. The van der Waals surface area contributed by atoms with Crippen molar-refractivity contribution >= 4 is 27.7 Å². The number of ether oxygens (including phenoxy) is 2. The number of aromatic nitrogens is 2. The van der Waals surface area contributed by atoms with Gasteiger partial charge in [0.25, 0.3) is 0 Å². The molecule has 2 aromatic rings. The number of benzene rings is 1. The van der Waals surface area contributed by atoms with E-state index in [2.05, 4.69) is 14.8 Å². The van der Waals surface area contributed by atoms with Crippen LogP contribution in [0.3, 0.4) is 0 Å². The molecule has 0 bridgehead atoms. The lowest BCUT2D eigenvalue weighted by atomic mass is 9.97. The number of nitrogens with zero attached hydrogens (tertiary/aromatic N) is 3. The summed E-state index contributed by atoms with van der Waals surface area (Å²) in [7, 11) is -3.77. The van der Waals surface area contributed by atoms with Crippen molar-refractivity contribution in [2.24, 2.45) is 4.99 Å². The molecule has 2 unspecified atom stereocenters. The molecule has 1 saturated carbocycles. The predicted molar refractivity (Wildman–Crippen MR) is 127 cm³/mol. The van der Waals surface area contributed by atoms with Crippen molar-refractivity contribution in [1.82, 2.24) is 9.78 Å². The monoisotopic (exact) mass is 490 g/mol. The summed E-state index contributed by atoms with van der Waals surface area (Å²) in [6.45, 7) is 4.61. The van der Waals surface area contributed by atoms with Crippen LogP contribution in [-0.2, 0) is 26.0 Å². The van der Waals surface area contributed by atoms with E-state index in [9.17, 15) is 18.3 Å². The van der Waals surface area contributed by atoms with Crippen LogP contribution < -0.4 is 4.72 Å². The highest BCUT2D eigenvalue weighted by atomic mass is 32.2. The average molecular weight is 491 g/mol. The second kappa shape index (κ2) is 10.1. The molecular weight excluding hydrogens is 460 g/mol. The lowest BCUT2D eigenvalue weighted by Gasteiger charge is -2.29. The van der Waals surface area contributed by atoms with Gasteiger partial charge in [0.2, 0.25) is 15.9 Å². The predicted octanol–water partition coefficient (Wildman–Crippen LogP) is 2.90. The third-order valence-electron chi connectivity index (χ3n) is 6.26. The van der Waals surface area contributed by atoms with E-state index in [1.165, 1.54) is 10.9 Å². The highest BCUT2D eigenvalue weighted by molar-refractivity contribution is 7.93. The standard InChI is InChI=1S/C23H30N4O6S/c1-3-27-13-19(23(28)29)21(25-27)26-34(30,31)18-11-9-17(10-12-18)32-14-20-15(2)33-22(24-20)16-7-5-4-6-8-16/h4-8,13,15,17-18,20H,3,9-12,14H2,1-2H3,(H,25,26)(H,28,29). The van der Waals surface area contributed by atoms with E-state index in [1.807, 2.05) is 37.3 Å². The third kappa shape index (κ3) is 5.41. The molecule has 2 atom stereocenters. The van der Waals surface area contributed by atoms with Crippen LogP contribution >= 0.6 is 0 Å². The molecule has 1 aromatic carbocycles. The molecule has 0 spiro atoms. The number of carboxylic acid groups (broad SMARTS) is 1. The molecule has 2 heterocycles. The van der Waals surface area contributed by atoms with Crippen LogP contribution in [0.1, 0.15) is 55.5 Å². The molecule has 4 rings (SSSR count). The van der Waals surface area contributed by atoms with Gasteiger partial charge in [-0.25, -0.2) is 18.2 Å². The van der Waals surface area contributed by atoms with E-state index in [1.54, 1.807) is 6.92 Å². The maximum absolute atomic E-state index is 12.9. The van der Waals surface area contributed by atoms with Crippen molar-refractivity contribution in [1.29, 1.82) is 0 Å². The molecule has 1 aromatic heterocycles. The van der Waals surface area contributed by atoms with E-state index in [-0.39, 0.29) is 29.6 Å². The Hall–Kier alpha value is -2.92. The first kappa shape index (κ1) is 24.2. The summed E-state index contributed by atoms with van der Waals surface area (Å²) >= 11 is 0. The quantitative estimate of drug-likeness (QED) is 0.552. The van der Waals surface area contributed by atoms with Crippen LogP contribution in [0.5, 0.6) is 0 Å². The molecule has 1 aliphatic heterocycles. The van der Waals surface area contributed by atoms with E-state index >= 15 is 0 Å². The number of anilines is 1. The van der Waals surface area contributed by atoms with Gasteiger partial charge in [-0.2, -0.15) is 5.10 Å². The second-order valence-electron chi connectivity index (χ2n) is 8.62. The summed E-state index contributed by atoms with van der Waals surface area (Å²) in [4.78, 5) is 16.1. The number of rotatable bonds is 9. The van der Waals surface area contributed by atoms with Crippen LogP contribution in [-0.4, -0.2) is 65.3 Å². The van der Waals surface area contributed by atoms with E-state index in [0.29, 0.717) is 44.7 Å². The summed E-state index contributed by atoms with van der Waals surface area (Å²) in [5, 5.41) is 12.8. The average Bonchev–Trinajstić information content (AvgIpc) is 3.41. The Morgan fingerprint density at radius 2 is 1.94 bits per heavy atom. The number of carboxylic acids is 1. The minimum absolute atomic E-state index is 0.0523. The lowest BCUT2D eigenvalue weighted by Crippen LogP contribution is -2.35. The highest BCUT2D eigenvalue weighted by Crippen LogP contribution is 2.29. The van der Waals surface area contributed by atoms with Gasteiger partial charge < -0.3 is 14.6 Å². The number of carbonyl (C=O) groups is 1. The van der Waals surface area contributed by atoms with Gasteiger partial charge in [0, 0.05) is 18.3 Å². The summed E-state index contributed by atoms with van der Waals surface area (Å²) in [5.41, 5.74) is 0.774. The van der Waals surface area contributed by atoms with Crippen molar-refractivity contribution in [3.63, 3.8) is 0 Å². The van der Waals surface area contributed by atoms with Gasteiger partial charge in [0.15, 0.2) is 5.82 Å². The van der Waals surface area contributed by atoms with Crippen LogP contribution in [0.4, 0.5) is 5.82 Å². The van der Waals surface area contributed by atoms with E-state index in [0.717, 1.165) is 5.56 Å². The lowest BCUT2D eigenvalue weighted by molar-refractivity contribution is 0.0107. The van der Waals surface area contributed by atoms with Crippen molar-refractivity contribution in [3.8, 4) is 0 Å². The van der Waals surface area contributed by atoms with Crippen molar-refractivity contribution in [3.05, 3.63) is 47.7 Å². The zero-order valence-electron chi connectivity index (χ0n) is 19.3. The van der Waals surface area contributed by atoms with Crippen LogP contribution in [0, 0.1) is 0 Å². The topological polar surface area (TPSA) is 132 Å². The van der Waals surface area contributed by atoms with Gasteiger partial charge in [0.05, 0.1) is 18.0 Å². The Morgan fingerprint density at radius 1 is 1.24 bits per heavy atom. The van der Waals surface area contributed by atoms with Crippen molar-refractivity contribution < 1.29 is 27.8 Å². The number of hydrogen-bond acceptors (Lipinski definition) is 7. The molecule has 1 fully saturated rings. The van der Waals surface area contributed by atoms with Gasteiger partial charge in [-0.3, -0.25) is 9.40 Å². The molecule has 2 N–H and O–H groups in total. The fraction of sp³-hybridized carbons (Fsp3) is 0.522. The second-order valence-corrected chi connectivity index (χ2v) is 10.6. The molecule has 0 radical (unpaired) electrons. The van der Waals surface area contributed by atoms with Gasteiger partial charge in [-0.05, 0) is 51.7 Å². The van der Waals surface area contributed by atoms with Crippen LogP contribution in [0.2, 0.25) is 0 Å². The third-order valence-corrected chi connectivity index (χ3v) is 8.09. The Bertz CT molecular complexity index is 1140. The van der Waals surface area contributed by atoms with Crippen molar-refractivity contribution in [2.75, 3.05) is 11.3 Å². The fourth-order valence-electron chi connectivity index (χ4n) is 4.21. The maximum Gasteiger partial charge on any atom is 0.341 e. The Labute approximate surface area is 199 Å². The number of sulfonamides is 1. The summed E-state index contributed by atoms with van der Waals surface area (Å²) in [5.74, 6) is -0.749. The SMILES string of the molecule is CCn1cc(C(=O)O)c(NS(=O)(=O)C2CCC(OCC3N=C(c4ccccc4)OC3C)CC2)n1. The van der Waals surface area contributed by atoms with Crippen molar-refractivity contribution in [2.45, 2.75) is 69.6 Å². The molecular formula is C23H30N4O6S. The van der Waals surface area contributed by atoms with Gasteiger partial charge in [0.1, 0.15) is 17.7 Å². The van der Waals surface area contributed by atoms with E-state index in [4.69, 9.17) is 9.47 Å². The highest BCUT2D eigenvalue weighted by Gasteiger charge is 2.34.